The first-order valence-electron chi connectivity index (χ1n) is 5.92. The lowest BCUT2D eigenvalue weighted by Crippen LogP contribution is -2.01. The number of aromatic nitrogens is 4. The quantitative estimate of drug-likeness (QED) is 0.762. The summed E-state index contributed by atoms with van der Waals surface area (Å²) in [6, 6.07) is 0. The molecule has 6 heteroatoms. The largest absolute Gasteiger partial charge is 0.466 e. The van der Waals surface area contributed by atoms with E-state index in [-0.39, 0.29) is 12.4 Å². The smallest absolute Gasteiger partial charge is 0.309 e. The van der Waals surface area contributed by atoms with Gasteiger partial charge in [0.25, 0.3) is 0 Å². The van der Waals surface area contributed by atoms with Crippen molar-refractivity contribution in [2.24, 2.45) is 0 Å². The molecule has 0 amide bonds. The molecule has 0 spiro atoms. The van der Waals surface area contributed by atoms with Crippen LogP contribution in [0.15, 0.2) is 37.2 Å². The van der Waals surface area contributed by atoms with Crippen molar-refractivity contribution in [1.82, 2.24) is 19.5 Å². The molecule has 98 valence electrons. The molecule has 0 saturated carbocycles. The zero-order chi connectivity index (χ0) is 13.5. The minimum absolute atomic E-state index is 0.241. The standard InChI is InChI=1S/C13H14N4O2/c1-2-19-12(18)5-3-4-11-8-15-13(16-9-11)17-7-6-14-10-17/h3-4,6-10H,2,5H2,1H3. The number of ether oxygens (including phenoxy) is 1. The summed E-state index contributed by atoms with van der Waals surface area (Å²) in [5.41, 5.74) is 0.827. The third kappa shape index (κ3) is 3.74. The van der Waals surface area contributed by atoms with Gasteiger partial charge in [-0.1, -0.05) is 12.2 Å². The SMILES string of the molecule is CCOC(=O)CC=Cc1cnc(-n2ccnc2)nc1. The Morgan fingerprint density at radius 2 is 2.21 bits per heavy atom. The fraction of sp³-hybridized carbons (Fsp3) is 0.231. The van der Waals surface area contributed by atoms with E-state index in [2.05, 4.69) is 15.0 Å². The maximum Gasteiger partial charge on any atom is 0.309 e. The minimum Gasteiger partial charge on any atom is -0.466 e. The fourth-order valence-corrected chi connectivity index (χ4v) is 1.44. The van der Waals surface area contributed by atoms with E-state index in [0.29, 0.717) is 12.6 Å². The van der Waals surface area contributed by atoms with Gasteiger partial charge in [0.15, 0.2) is 0 Å². The van der Waals surface area contributed by atoms with Gasteiger partial charge in [-0.25, -0.2) is 15.0 Å². The molecule has 6 nitrogen and oxygen atoms in total. The number of hydrogen-bond acceptors (Lipinski definition) is 5. The summed E-state index contributed by atoms with van der Waals surface area (Å²) in [5, 5.41) is 0. The maximum absolute atomic E-state index is 11.1. The summed E-state index contributed by atoms with van der Waals surface area (Å²) in [7, 11) is 0. The van der Waals surface area contributed by atoms with Gasteiger partial charge in [-0.2, -0.15) is 0 Å². The number of esters is 1. The van der Waals surface area contributed by atoms with E-state index in [1.807, 2.05) is 0 Å². The first-order valence-corrected chi connectivity index (χ1v) is 5.92. The predicted octanol–water partition coefficient (Wildman–Crippen LogP) is 1.63. The average Bonchev–Trinajstić information content (AvgIpc) is 2.94. The van der Waals surface area contributed by atoms with Crippen molar-refractivity contribution in [3.63, 3.8) is 0 Å². The van der Waals surface area contributed by atoms with E-state index in [1.54, 1.807) is 54.8 Å². The Kier molecular flexibility index (Phi) is 4.39. The van der Waals surface area contributed by atoms with Crippen LogP contribution in [0.4, 0.5) is 0 Å². The van der Waals surface area contributed by atoms with Crippen molar-refractivity contribution in [2.45, 2.75) is 13.3 Å². The second-order valence-corrected chi connectivity index (χ2v) is 3.70. The van der Waals surface area contributed by atoms with Crippen LogP contribution in [0.3, 0.4) is 0 Å². The molecule has 0 atom stereocenters. The molecule has 2 aromatic heterocycles. The summed E-state index contributed by atoms with van der Waals surface area (Å²) in [6.45, 7) is 2.18. The molecular formula is C13H14N4O2. The Bertz CT molecular complexity index is 547. The lowest BCUT2D eigenvalue weighted by atomic mass is 10.3. The average molecular weight is 258 g/mol. The number of nitrogens with zero attached hydrogens (tertiary/aromatic N) is 4. The Balaban J connectivity index is 1.95. The lowest BCUT2D eigenvalue weighted by molar-refractivity contribution is -0.142. The first kappa shape index (κ1) is 12.9. The number of carbonyl (C=O) groups is 1. The molecule has 0 radical (unpaired) electrons. The highest BCUT2D eigenvalue weighted by Crippen LogP contribution is 2.03. The Hall–Kier alpha value is -2.50. The fourth-order valence-electron chi connectivity index (χ4n) is 1.44. The molecule has 2 rings (SSSR count). The molecule has 2 heterocycles. The van der Waals surface area contributed by atoms with Crippen LogP contribution in [0.2, 0.25) is 0 Å². The summed E-state index contributed by atoms with van der Waals surface area (Å²) in [6.07, 6.45) is 12.2. The van der Waals surface area contributed by atoms with E-state index >= 15 is 0 Å². The highest BCUT2D eigenvalue weighted by Gasteiger charge is 1.99. The second kappa shape index (κ2) is 6.44. The molecule has 0 aliphatic carbocycles. The molecule has 0 saturated heterocycles. The Morgan fingerprint density at radius 1 is 1.42 bits per heavy atom. The zero-order valence-electron chi connectivity index (χ0n) is 10.6. The van der Waals surface area contributed by atoms with Crippen LogP contribution < -0.4 is 0 Å². The van der Waals surface area contributed by atoms with Gasteiger partial charge in [-0.05, 0) is 6.92 Å². The minimum atomic E-state index is -0.241. The van der Waals surface area contributed by atoms with Crippen molar-refractivity contribution in [2.75, 3.05) is 6.61 Å². The van der Waals surface area contributed by atoms with Crippen LogP contribution in [-0.2, 0) is 9.53 Å². The van der Waals surface area contributed by atoms with Gasteiger partial charge in [0.05, 0.1) is 13.0 Å². The molecule has 0 fully saturated rings. The predicted molar refractivity (Wildman–Crippen MR) is 69.4 cm³/mol. The normalized spacial score (nSPS) is 10.8. The highest BCUT2D eigenvalue weighted by atomic mass is 16.5. The summed E-state index contributed by atoms with van der Waals surface area (Å²) >= 11 is 0. The molecule has 19 heavy (non-hydrogen) atoms. The van der Waals surface area contributed by atoms with Crippen molar-refractivity contribution in [3.05, 3.63) is 42.8 Å². The molecule has 0 bridgehead atoms. The van der Waals surface area contributed by atoms with E-state index in [9.17, 15) is 4.79 Å². The molecule has 0 aliphatic rings. The summed E-state index contributed by atoms with van der Waals surface area (Å²) in [5.74, 6) is 0.315. The van der Waals surface area contributed by atoms with Gasteiger partial charge >= 0.3 is 5.97 Å². The molecule has 0 N–H and O–H groups in total. The van der Waals surface area contributed by atoms with Crippen LogP contribution in [-0.4, -0.2) is 32.1 Å². The van der Waals surface area contributed by atoms with Gasteiger partial charge in [0.1, 0.15) is 6.33 Å². The summed E-state index contributed by atoms with van der Waals surface area (Å²) in [4.78, 5) is 23.5. The van der Waals surface area contributed by atoms with E-state index < -0.39 is 0 Å². The van der Waals surface area contributed by atoms with Gasteiger partial charge < -0.3 is 4.74 Å². The van der Waals surface area contributed by atoms with Gasteiger partial charge in [-0.15, -0.1) is 0 Å². The van der Waals surface area contributed by atoms with Crippen molar-refractivity contribution >= 4 is 12.0 Å². The van der Waals surface area contributed by atoms with Crippen LogP contribution in [0, 0.1) is 0 Å². The van der Waals surface area contributed by atoms with Crippen molar-refractivity contribution in [3.8, 4) is 5.95 Å². The van der Waals surface area contributed by atoms with Crippen LogP contribution >= 0.6 is 0 Å². The topological polar surface area (TPSA) is 69.9 Å². The third-order valence-corrected chi connectivity index (χ3v) is 2.29. The number of rotatable bonds is 5. The van der Waals surface area contributed by atoms with Crippen molar-refractivity contribution < 1.29 is 9.53 Å². The third-order valence-electron chi connectivity index (χ3n) is 2.29. The van der Waals surface area contributed by atoms with E-state index in [1.165, 1.54) is 0 Å². The monoisotopic (exact) mass is 258 g/mol. The zero-order valence-corrected chi connectivity index (χ0v) is 10.6. The number of carbonyl (C=O) groups excluding carboxylic acids is 1. The van der Waals surface area contributed by atoms with Crippen LogP contribution in [0.5, 0.6) is 0 Å². The van der Waals surface area contributed by atoms with Gasteiger partial charge in [0, 0.05) is 30.4 Å². The number of hydrogen-bond donors (Lipinski definition) is 0. The Labute approximate surface area is 110 Å². The number of imidazole rings is 1. The van der Waals surface area contributed by atoms with Gasteiger partial charge in [-0.3, -0.25) is 9.36 Å². The highest BCUT2D eigenvalue weighted by molar-refractivity contribution is 5.72. The summed E-state index contributed by atoms with van der Waals surface area (Å²) < 4.78 is 6.53. The first-order chi connectivity index (χ1) is 9.29. The molecule has 0 aliphatic heterocycles. The van der Waals surface area contributed by atoms with Crippen LogP contribution in [0.25, 0.3) is 12.0 Å². The van der Waals surface area contributed by atoms with Crippen LogP contribution in [0.1, 0.15) is 18.9 Å². The molecule has 0 aromatic carbocycles. The molecule has 2 aromatic rings. The Morgan fingerprint density at radius 3 is 2.84 bits per heavy atom. The van der Waals surface area contributed by atoms with E-state index in [4.69, 9.17) is 4.74 Å². The maximum atomic E-state index is 11.1. The second-order valence-electron chi connectivity index (χ2n) is 3.70. The molecular weight excluding hydrogens is 244 g/mol. The molecule has 0 unspecified atom stereocenters. The van der Waals surface area contributed by atoms with Gasteiger partial charge in [0.2, 0.25) is 5.95 Å². The van der Waals surface area contributed by atoms with E-state index in [0.717, 1.165) is 5.56 Å². The van der Waals surface area contributed by atoms with Crippen molar-refractivity contribution in [1.29, 1.82) is 0 Å². The lowest BCUT2D eigenvalue weighted by Gasteiger charge is -1.99.